The third-order valence-electron chi connectivity index (χ3n) is 5.83. The van der Waals surface area contributed by atoms with Gasteiger partial charge in [0.05, 0.1) is 11.8 Å². The lowest BCUT2D eigenvalue weighted by atomic mass is 10.1. The molecule has 1 aromatic carbocycles. The number of imidazole rings is 1. The molecule has 3 aromatic rings. The molecule has 31 heavy (non-hydrogen) atoms. The number of benzene rings is 1. The maximum Gasteiger partial charge on any atom is 0.274 e. The summed E-state index contributed by atoms with van der Waals surface area (Å²) in [5.41, 5.74) is 3.42. The molecule has 1 amide bonds. The van der Waals surface area contributed by atoms with Crippen LogP contribution in [0.5, 0.6) is 0 Å². The predicted molar refractivity (Wildman–Crippen MR) is 122 cm³/mol. The van der Waals surface area contributed by atoms with Gasteiger partial charge in [-0.3, -0.25) is 9.69 Å². The van der Waals surface area contributed by atoms with Crippen LogP contribution in [0.2, 0.25) is 0 Å². The van der Waals surface area contributed by atoms with Gasteiger partial charge in [-0.05, 0) is 43.5 Å². The number of rotatable bonds is 8. The normalized spacial score (nSPS) is 17.2. The van der Waals surface area contributed by atoms with E-state index in [2.05, 4.69) is 16.2 Å². The van der Waals surface area contributed by atoms with Crippen LogP contribution in [0.3, 0.4) is 0 Å². The van der Waals surface area contributed by atoms with Gasteiger partial charge in [0.25, 0.3) is 5.91 Å². The Balaban J connectivity index is 1.56. The first-order valence-corrected chi connectivity index (χ1v) is 11.2. The average molecular weight is 421 g/mol. The number of fused-ring (bicyclic) bond motifs is 1. The highest BCUT2D eigenvalue weighted by Crippen LogP contribution is 2.21. The summed E-state index contributed by atoms with van der Waals surface area (Å²) in [6, 6.07) is 16.0. The molecule has 6 nitrogen and oxygen atoms in total. The number of carbonyl (C=O) groups excluding carboxylic acids is 1. The van der Waals surface area contributed by atoms with E-state index in [1.165, 1.54) is 0 Å². The van der Waals surface area contributed by atoms with E-state index in [0.717, 1.165) is 55.9 Å². The fourth-order valence-electron chi connectivity index (χ4n) is 4.27. The smallest absolute Gasteiger partial charge is 0.274 e. The number of likely N-dealkylation sites (tertiary alicyclic amines) is 1. The van der Waals surface area contributed by atoms with Crippen LogP contribution < -0.4 is 0 Å². The Bertz CT molecular complexity index is 1000. The summed E-state index contributed by atoms with van der Waals surface area (Å²) in [7, 11) is 1.85. The Hall–Kier alpha value is -2.70. The van der Waals surface area contributed by atoms with Crippen LogP contribution in [-0.4, -0.2) is 57.9 Å². The second-order valence-electron chi connectivity index (χ2n) is 8.35. The molecule has 2 aromatic heterocycles. The van der Waals surface area contributed by atoms with Crippen molar-refractivity contribution in [2.24, 2.45) is 0 Å². The van der Waals surface area contributed by atoms with Crippen molar-refractivity contribution in [2.45, 2.75) is 45.4 Å². The molecule has 1 saturated heterocycles. The minimum atomic E-state index is -0.0432. The summed E-state index contributed by atoms with van der Waals surface area (Å²) in [4.78, 5) is 22.3. The topological polar surface area (TPSA) is 50.1 Å². The summed E-state index contributed by atoms with van der Waals surface area (Å²) < 4.78 is 8.07. The van der Waals surface area contributed by atoms with Crippen LogP contribution in [0.25, 0.3) is 5.65 Å². The SMILES string of the molecule is CCCOC1CCCN(Cc2c(C(=O)N(C)Cc3ccccc3)nc3ccccn23)C1. The standard InChI is InChI=1S/C25H32N4O2/c1-3-16-31-21-12-9-14-28(18-21)19-22-24(26-23-13-7-8-15-29(22)23)25(30)27(2)17-20-10-5-4-6-11-20/h4-8,10-11,13,15,21H,3,9,12,14,16-19H2,1-2H3. The van der Waals surface area contributed by atoms with Crippen molar-refractivity contribution >= 4 is 11.6 Å². The highest BCUT2D eigenvalue weighted by molar-refractivity contribution is 5.94. The number of ether oxygens (including phenoxy) is 1. The second kappa shape index (κ2) is 10.1. The maximum absolute atomic E-state index is 13.4. The largest absolute Gasteiger partial charge is 0.377 e. The van der Waals surface area contributed by atoms with Crippen molar-refractivity contribution in [3.63, 3.8) is 0 Å². The van der Waals surface area contributed by atoms with Crippen molar-refractivity contribution in [2.75, 3.05) is 26.7 Å². The highest BCUT2D eigenvalue weighted by Gasteiger charge is 2.26. The number of pyridine rings is 1. The van der Waals surface area contributed by atoms with Gasteiger partial charge in [0.15, 0.2) is 5.69 Å². The Morgan fingerprint density at radius 2 is 2.00 bits per heavy atom. The van der Waals surface area contributed by atoms with Crippen LogP contribution in [0, 0.1) is 0 Å². The highest BCUT2D eigenvalue weighted by atomic mass is 16.5. The molecule has 1 fully saturated rings. The van der Waals surface area contributed by atoms with Crippen molar-refractivity contribution < 1.29 is 9.53 Å². The molecule has 164 valence electrons. The van der Waals surface area contributed by atoms with Crippen molar-refractivity contribution in [1.82, 2.24) is 19.2 Å². The Morgan fingerprint density at radius 3 is 2.81 bits per heavy atom. The molecule has 6 heteroatoms. The third kappa shape index (κ3) is 5.14. The van der Waals surface area contributed by atoms with Gasteiger partial charge in [0.2, 0.25) is 0 Å². The second-order valence-corrected chi connectivity index (χ2v) is 8.35. The minimum absolute atomic E-state index is 0.0432. The van der Waals surface area contributed by atoms with E-state index >= 15 is 0 Å². The van der Waals surface area contributed by atoms with Crippen LogP contribution in [0.4, 0.5) is 0 Å². The van der Waals surface area contributed by atoms with Gasteiger partial charge < -0.3 is 14.0 Å². The maximum atomic E-state index is 13.4. The molecule has 4 rings (SSSR count). The summed E-state index contributed by atoms with van der Waals surface area (Å²) in [5, 5.41) is 0. The van der Waals surface area contributed by atoms with Gasteiger partial charge in [0, 0.05) is 39.5 Å². The quantitative estimate of drug-likeness (QED) is 0.553. The van der Waals surface area contributed by atoms with Crippen molar-refractivity contribution in [3.8, 4) is 0 Å². The molecular formula is C25H32N4O2. The summed E-state index contributed by atoms with van der Waals surface area (Å²) in [5.74, 6) is -0.0432. The number of aromatic nitrogens is 2. The molecule has 0 saturated carbocycles. The Morgan fingerprint density at radius 1 is 1.19 bits per heavy atom. The minimum Gasteiger partial charge on any atom is -0.377 e. The zero-order valence-corrected chi connectivity index (χ0v) is 18.5. The third-order valence-corrected chi connectivity index (χ3v) is 5.83. The van der Waals surface area contributed by atoms with E-state index in [4.69, 9.17) is 9.72 Å². The molecule has 0 bridgehead atoms. The molecular weight excluding hydrogens is 388 g/mol. The molecule has 0 N–H and O–H groups in total. The predicted octanol–water partition coefficient (Wildman–Crippen LogP) is 4.00. The molecule has 0 aliphatic carbocycles. The van der Waals surface area contributed by atoms with E-state index < -0.39 is 0 Å². The van der Waals surface area contributed by atoms with Gasteiger partial charge in [0.1, 0.15) is 5.65 Å². The molecule has 0 spiro atoms. The number of carbonyl (C=O) groups is 1. The molecule has 1 atom stereocenters. The lowest BCUT2D eigenvalue weighted by Gasteiger charge is -2.32. The molecule has 1 aliphatic heterocycles. The molecule has 1 aliphatic rings. The average Bonchev–Trinajstić information content (AvgIpc) is 3.16. The van der Waals surface area contributed by atoms with E-state index in [9.17, 15) is 4.79 Å². The Kier molecular flexibility index (Phi) is 6.99. The lowest BCUT2D eigenvalue weighted by molar-refractivity contribution is -0.00264. The number of piperidine rings is 1. The van der Waals surface area contributed by atoms with E-state index in [-0.39, 0.29) is 12.0 Å². The van der Waals surface area contributed by atoms with Gasteiger partial charge in [-0.1, -0.05) is 43.3 Å². The molecule has 1 unspecified atom stereocenters. The van der Waals surface area contributed by atoms with Gasteiger partial charge in [-0.15, -0.1) is 0 Å². The fraction of sp³-hybridized carbons (Fsp3) is 0.440. The van der Waals surface area contributed by atoms with Crippen LogP contribution >= 0.6 is 0 Å². The van der Waals surface area contributed by atoms with Crippen LogP contribution in [0.15, 0.2) is 54.7 Å². The number of nitrogens with zero attached hydrogens (tertiary/aromatic N) is 4. The van der Waals surface area contributed by atoms with E-state index in [1.807, 2.05) is 61.8 Å². The monoisotopic (exact) mass is 420 g/mol. The van der Waals surface area contributed by atoms with Gasteiger partial charge >= 0.3 is 0 Å². The molecule has 3 heterocycles. The van der Waals surface area contributed by atoms with Crippen LogP contribution in [0.1, 0.15) is 47.9 Å². The number of hydrogen-bond donors (Lipinski definition) is 0. The number of hydrogen-bond acceptors (Lipinski definition) is 4. The van der Waals surface area contributed by atoms with E-state index in [0.29, 0.717) is 18.8 Å². The van der Waals surface area contributed by atoms with Crippen molar-refractivity contribution in [1.29, 1.82) is 0 Å². The van der Waals surface area contributed by atoms with Crippen LogP contribution in [-0.2, 0) is 17.8 Å². The first-order valence-electron chi connectivity index (χ1n) is 11.2. The summed E-state index contributed by atoms with van der Waals surface area (Å²) in [6.45, 7) is 6.11. The molecule has 0 radical (unpaired) electrons. The zero-order valence-electron chi connectivity index (χ0n) is 18.5. The lowest BCUT2D eigenvalue weighted by Crippen LogP contribution is -2.40. The fourth-order valence-corrected chi connectivity index (χ4v) is 4.27. The number of amides is 1. The van der Waals surface area contributed by atoms with E-state index in [1.54, 1.807) is 4.90 Å². The first kappa shape index (κ1) is 21.5. The zero-order chi connectivity index (χ0) is 21.6. The van der Waals surface area contributed by atoms with Gasteiger partial charge in [-0.2, -0.15) is 0 Å². The Labute approximate surface area is 184 Å². The summed E-state index contributed by atoms with van der Waals surface area (Å²) >= 11 is 0. The summed E-state index contributed by atoms with van der Waals surface area (Å²) in [6.07, 6.45) is 5.53. The van der Waals surface area contributed by atoms with Crippen molar-refractivity contribution in [3.05, 3.63) is 71.7 Å². The first-order chi connectivity index (χ1) is 15.2. The van der Waals surface area contributed by atoms with Gasteiger partial charge in [-0.25, -0.2) is 4.98 Å².